The van der Waals surface area contributed by atoms with Gasteiger partial charge >= 0.3 is 5.97 Å². The number of rotatable bonds is 5. The molecule has 25 heavy (non-hydrogen) atoms. The molecule has 1 aromatic rings. The molecule has 0 radical (unpaired) electrons. The minimum atomic E-state index is -0.211. The summed E-state index contributed by atoms with van der Waals surface area (Å²) in [7, 11) is 0. The van der Waals surface area contributed by atoms with Crippen LogP contribution >= 0.6 is 11.8 Å². The van der Waals surface area contributed by atoms with Gasteiger partial charge in [0.25, 0.3) is 0 Å². The maximum Gasteiger partial charge on any atom is 0.316 e. The maximum absolute atomic E-state index is 11.7. The third-order valence-corrected chi connectivity index (χ3v) is 7.43. The summed E-state index contributed by atoms with van der Waals surface area (Å²) in [5.74, 6) is 2.76. The predicted molar refractivity (Wildman–Crippen MR) is 98.4 cm³/mol. The van der Waals surface area contributed by atoms with E-state index in [0.717, 1.165) is 22.6 Å². The van der Waals surface area contributed by atoms with Crippen LogP contribution in [-0.4, -0.2) is 18.3 Å². The summed E-state index contributed by atoms with van der Waals surface area (Å²) >= 11 is 1.44. The van der Waals surface area contributed by atoms with Crippen LogP contribution in [0.25, 0.3) is 0 Å². The van der Waals surface area contributed by atoms with Gasteiger partial charge in [0, 0.05) is 4.90 Å². The number of benzene rings is 1. The van der Waals surface area contributed by atoms with Crippen LogP contribution in [0.15, 0.2) is 23.1 Å². The van der Waals surface area contributed by atoms with Crippen LogP contribution in [0.5, 0.6) is 0 Å². The number of hydrogen-bond donors (Lipinski definition) is 0. The van der Waals surface area contributed by atoms with Crippen molar-refractivity contribution >= 4 is 17.7 Å². The van der Waals surface area contributed by atoms with Crippen molar-refractivity contribution in [1.29, 1.82) is 5.26 Å². The van der Waals surface area contributed by atoms with Crippen molar-refractivity contribution in [1.82, 2.24) is 0 Å². The second-order valence-electron chi connectivity index (χ2n) is 8.11. The van der Waals surface area contributed by atoms with Gasteiger partial charge in [-0.1, -0.05) is 6.07 Å². The van der Waals surface area contributed by atoms with Gasteiger partial charge in [-0.05, 0) is 86.3 Å². The van der Waals surface area contributed by atoms with E-state index in [9.17, 15) is 10.1 Å². The first-order valence-corrected chi connectivity index (χ1v) is 10.4. The second-order valence-corrected chi connectivity index (χ2v) is 9.13. The second kappa shape index (κ2) is 6.68. The molecular formula is C21H25NO2S. The van der Waals surface area contributed by atoms with Gasteiger partial charge in [-0.15, -0.1) is 11.8 Å². The molecule has 4 saturated carbocycles. The highest BCUT2D eigenvalue weighted by Crippen LogP contribution is 2.60. The number of carbonyl (C=O) groups is 1. The normalized spacial score (nSPS) is 32.4. The molecule has 4 aliphatic rings. The van der Waals surface area contributed by atoms with Gasteiger partial charge in [0.15, 0.2) is 0 Å². The summed E-state index contributed by atoms with van der Waals surface area (Å²) in [6, 6.07) is 8.62. The van der Waals surface area contributed by atoms with E-state index in [1.807, 2.05) is 13.0 Å². The topological polar surface area (TPSA) is 50.1 Å². The average molecular weight is 356 g/mol. The molecule has 0 heterocycles. The van der Waals surface area contributed by atoms with Crippen molar-refractivity contribution in [2.45, 2.75) is 55.8 Å². The zero-order valence-electron chi connectivity index (χ0n) is 14.8. The lowest BCUT2D eigenvalue weighted by Gasteiger charge is -2.57. The number of carbonyl (C=O) groups excluding carboxylic acids is 1. The minimum Gasteiger partial charge on any atom is -0.465 e. The Labute approximate surface area is 154 Å². The highest BCUT2D eigenvalue weighted by molar-refractivity contribution is 8.00. The molecule has 0 saturated heterocycles. The van der Waals surface area contributed by atoms with Crippen LogP contribution in [0.4, 0.5) is 0 Å². The highest BCUT2D eigenvalue weighted by Gasteiger charge is 2.51. The fraction of sp³-hybridized carbons (Fsp3) is 0.619. The summed E-state index contributed by atoms with van der Waals surface area (Å²) in [6.07, 6.45) is 8.23. The lowest BCUT2D eigenvalue weighted by Crippen LogP contribution is -2.48. The molecule has 4 aliphatic carbocycles. The maximum atomic E-state index is 11.7. The van der Waals surface area contributed by atoms with Gasteiger partial charge in [-0.3, -0.25) is 4.79 Å². The number of nitriles is 1. The first-order valence-electron chi connectivity index (χ1n) is 9.45. The van der Waals surface area contributed by atoms with Gasteiger partial charge in [-0.2, -0.15) is 5.26 Å². The molecule has 1 aromatic carbocycles. The van der Waals surface area contributed by atoms with Crippen LogP contribution in [0.1, 0.15) is 56.6 Å². The Morgan fingerprint density at radius 2 is 1.88 bits per heavy atom. The SMILES string of the molecule is CCOC(=O)CSc1cc(C23CC4CC(CC(C4)C2)C3)ccc1C#N. The molecule has 0 amide bonds. The highest BCUT2D eigenvalue weighted by atomic mass is 32.2. The Kier molecular flexibility index (Phi) is 4.54. The standard InChI is InChI=1S/C21H25NO2S/c1-2-24-20(23)13-25-19-8-18(4-3-17(19)12-22)21-9-14-5-15(10-21)7-16(6-14)11-21/h3-4,8,14-16H,2,5-7,9-11,13H2,1H3. The van der Waals surface area contributed by atoms with E-state index < -0.39 is 0 Å². The fourth-order valence-electron chi connectivity index (χ4n) is 5.87. The van der Waals surface area contributed by atoms with Crippen LogP contribution in [-0.2, 0) is 14.9 Å². The van der Waals surface area contributed by atoms with Crippen LogP contribution in [0.3, 0.4) is 0 Å². The van der Waals surface area contributed by atoms with Gasteiger partial charge in [0.2, 0.25) is 0 Å². The third kappa shape index (κ3) is 3.19. The van der Waals surface area contributed by atoms with Crippen molar-refractivity contribution < 1.29 is 9.53 Å². The number of hydrogen-bond acceptors (Lipinski definition) is 4. The fourth-order valence-corrected chi connectivity index (χ4v) is 6.70. The van der Waals surface area contributed by atoms with Crippen LogP contribution in [0, 0.1) is 29.1 Å². The van der Waals surface area contributed by atoms with E-state index in [0.29, 0.717) is 17.6 Å². The van der Waals surface area contributed by atoms with E-state index in [1.165, 1.54) is 55.9 Å². The van der Waals surface area contributed by atoms with E-state index in [2.05, 4.69) is 18.2 Å². The van der Waals surface area contributed by atoms with Crippen molar-refractivity contribution in [2.75, 3.05) is 12.4 Å². The number of thioether (sulfide) groups is 1. The first kappa shape index (κ1) is 17.0. The molecule has 5 rings (SSSR count). The van der Waals surface area contributed by atoms with Gasteiger partial charge in [0.05, 0.1) is 17.9 Å². The summed E-state index contributed by atoms with van der Waals surface area (Å²) in [6.45, 7) is 2.22. The summed E-state index contributed by atoms with van der Waals surface area (Å²) in [5.41, 5.74) is 2.39. The largest absolute Gasteiger partial charge is 0.465 e. The Balaban J connectivity index is 1.59. The Hall–Kier alpha value is -1.47. The number of esters is 1. The lowest BCUT2D eigenvalue weighted by molar-refractivity contribution is -0.139. The molecule has 4 heteroatoms. The van der Waals surface area contributed by atoms with Crippen LogP contribution < -0.4 is 0 Å². The molecule has 0 aliphatic heterocycles. The molecule has 0 atom stereocenters. The zero-order chi connectivity index (χ0) is 17.4. The smallest absolute Gasteiger partial charge is 0.316 e. The Morgan fingerprint density at radius 3 is 2.44 bits per heavy atom. The molecule has 0 aromatic heterocycles. The van der Waals surface area contributed by atoms with Gasteiger partial charge in [0.1, 0.15) is 6.07 Å². The summed E-state index contributed by atoms with van der Waals surface area (Å²) in [5, 5.41) is 9.43. The predicted octanol–water partition coefficient (Wildman–Crippen LogP) is 4.68. The Morgan fingerprint density at radius 1 is 1.24 bits per heavy atom. The van der Waals surface area contributed by atoms with Crippen molar-refractivity contribution in [3.05, 3.63) is 29.3 Å². The quantitative estimate of drug-likeness (QED) is 0.568. The van der Waals surface area contributed by atoms with E-state index in [4.69, 9.17) is 4.74 Å². The van der Waals surface area contributed by atoms with Gasteiger partial charge in [-0.25, -0.2) is 0 Å². The molecule has 0 N–H and O–H groups in total. The first-order chi connectivity index (χ1) is 12.1. The van der Waals surface area contributed by atoms with E-state index >= 15 is 0 Å². The van der Waals surface area contributed by atoms with Gasteiger partial charge < -0.3 is 4.74 Å². The molecule has 3 nitrogen and oxygen atoms in total. The summed E-state index contributed by atoms with van der Waals surface area (Å²) in [4.78, 5) is 12.6. The number of nitrogens with zero attached hydrogens (tertiary/aromatic N) is 1. The van der Waals surface area contributed by atoms with Crippen molar-refractivity contribution in [3.63, 3.8) is 0 Å². The average Bonchev–Trinajstić information content (AvgIpc) is 2.59. The Bertz CT molecular complexity index is 686. The molecule has 4 fully saturated rings. The monoisotopic (exact) mass is 355 g/mol. The lowest BCUT2D eigenvalue weighted by atomic mass is 9.48. The summed E-state index contributed by atoms with van der Waals surface area (Å²) < 4.78 is 5.03. The molecule has 0 spiro atoms. The third-order valence-electron chi connectivity index (χ3n) is 6.40. The molecule has 4 bridgehead atoms. The van der Waals surface area contributed by atoms with E-state index in [1.54, 1.807) is 0 Å². The molecule has 0 unspecified atom stereocenters. The molecular weight excluding hydrogens is 330 g/mol. The zero-order valence-corrected chi connectivity index (χ0v) is 15.6. The molecule has 132 valence electrons. The van der Waals surface area contributed by atoms with Crippen molar-refractivity contribution in [2.24, 2.45) is 17.8 Å². The number of ether oxygens (including phenoxy) is 1. The van der Waals surface area contributed by atoms with E-state index in [-0.39, 0.29) is 11.7 Å². The van der Waals surface area contributed by atoms with Crippen LogP contribution in [0.2, 0.25) is 0 Å². The minimum absolute atomic E-state index is 0.211. The van der Waals surface area contributed by atoms with Crippen molar-refractivity contribution in [3.8, 4) is 6.07 Å².